The number of hydrogen-bond donors (Lipinski definition) is 1. The molecule has 0 aliphatic carbocycles. The molecule has 1 atom stereocenters. The zero-order valence-corrected chi connectivity index (χ0v) is 15.1. The first-order valence-corrected chi connectivity index (χ1v) is 8.55. The molecule has 1 N–H and O–H groups in total. The van der Waals surface area contributed by atoms with Crippen LogP contribution < -0.4 is 5.32 Å². The van der Waals surface area contributed by atoms with Gasteiger partial charge in [0, 0.05) is 6.08 Å². The number of amides is 1. The third kappa shape index (κ3) is 4.97. The molecule has 2 aromatic heterocycles. The van der Waals surface area contributed by atoms with Crippen LogP contribution in [-0.2, 0) is 14.3 Å². The van der Waals surface area contributed by atoms with Crippen LogP contribution in [0.4, 0.5) is 4.39 Å². The zero-order valence-electron chi connectivity index (χ0n) is 15.1. The van der Waals surface area contributed by atoms with E-state index in [4.69, 9.17) is 13.6 Å². The van der Waals surface area contributed by atoms with E-state index in [0.717, 1.165) is 6.08 Å². The van der Waals surface area contributed by atoms with Gasteiger partial charge in [-0.3, -0.25) is 4.79 Å². The molecule has 0 aliphatic rings. The summed E-state index contributed by atoms with van der Waals surface area (Å²) in [7, 11) is 0. The molecule has 0 spiro atoms. The number of furan rings is 2. The predicted molar refractivity (Wildman–Crippen MR) is 99.4 cm³/mol. The molecule has 0 bridgehead atoms. The van der Waals surface area contributed by atoms with Crippen molar-refractivity contribution in [3.63, 3.8) is 0 Å². The quantitative estimate of drug-likeness (QED) is 0.490. The number of nitrogens with one attached hydrogen (secondary N) is 1. The van der Waals surface area contributed by atoms with Gasteiger partial charge in [-0.2, -0.15) is 0 Å². The third-order valence-corrected chi connectivity index (χ3v) is 3.84. The molecule has 1 amide bonds. The largest absolute Gasteiger partial charge is 0.467 e. The number of carbonyl (C=O) groups excluding carboxylic acids is 2. The number of hydrogen-bond acceptors (Lipinski definition) is 5. The molecule has 7 heteroatoms. The van der Waals surface area contributed by atoms with Crippen molar-refractivity contribution in [1.82, 2.24) is 5.32 Å². The highest BCUT2D eigenvalue weighted by Gasteiger charge is 2.13. The van der Waals surface area contributed by atoms with Crippen molar-refractivity contribution >= 4 is 18.0 Å². The molecule has 0 aliphatic heterocycles. The maximum absolute atomic E-state index is 13.8. The fourth-order valence-electron chi connectivity index (χ4n) is 2.48. The number of carbonyl (C=O) groups is 2. The van der Waals surface area contributed by atoms with E-state index in [-0.39, 0.29) is 6.04 Å². The van der Waals surface area contributed by atoms with E-state index < -0.39 is 24.3 Å². The highest BCUT2D eigenvalue weighted by molar-refractivity contribution is 5.89. The molecule has 1 aromatic carbocycles. The maximum atomic E-state index is 13.8. The minimum absolute atomic E-state index is 0.326. The molecule has 0 saturated carbocycles. The lowest BCUT2D eigenvalue weighted by atomic mass is 10.1. The molecule has 6 nitrogen and oxygen atoms in total. The third-order valence-electron chi connectivity index (χ3n) is 3.84. The molecular formula is C21H18FNO5. The van der Waals surface area contributed by atoms with Crippen molar-refractivity contribution in [3.8, 4) is 11.3 Å². The standard InChI is InChI=1S/C21H18FNO5/c1-14(18-7-4-12-26-18)23-20(24)13-27-21(25)11-9-15-8-10-19(28-15)16-5-2-3-6-17(16)22/h2-12,14H,13H2,1H3,(H,23,24)/b11-9+/t14-/m0/s1. The first-order chi connectivity index (χ1) is 13.5. The van der Waals surface area contributed by atoms with Crippen LogP contribution in [0.3, 0.4) is 0 Å². The SMILES string of the molecule is C[C@H](NC(=O)COC(=O)/C=C/c1ccc(-c2ccccc2F)o1)c1ccco1. The molecule has 2 heterocycles. The molecule has 144 valence electrons. The smallest absolute Gasteiger partial charge is 0.331 e. The summed E-state index contributed by atoms with van der Waals surface area (Å²) in [5.41, 5.74) is 0.326. The normalized spacial score (nSPS) is 12.1. The Morgan fingerprint density at radius 2 is 2.00 bits per heavy atom. The second-order valence-corrected chi connectivity index (χ2v) is 5.93. The van der Waals surface area contributed by atoms with E-state index in [0.29, 0.717) is 22.8 Å². The Bertz CT molecular complexity index is 974. The number of ether oxygens (including phenoxy) is 1. The number of rotatable bonds is 7. The van der Waals surface area contributed by atoms with Crippen molar-refractivity contribution in [2.24, 2.45) is 0 Å². The summed E-state index contributed by atoms with van der Waals surface area (Å²) in [6.45, 7) is 1.33. The summed E-state index contributed by atoms with van der Waals surface area (Å²) < 4.78 is 29.3. The van der Waals surface area contributed by atoms with Gasteiger partial charge in [0.1, 0.15) is 23.1 Å². The van der Waals surface area contributed by atoms with E-state index in [1.54, 1.807) is 49.4 Å². The van der Waals surface area contributed by atoms with Gasteiger partial charge in [0.2, 0.25) is 0 Å². The van der Waals surface area contributed by atoms with Gasteiger partial charge in [-0.25, -0.2) is 9.18 Å². The molecule has 0 unspecified atom stereocenters. The van der Waals surface area contributed by atoms with E-state index >= 15 is 0 Å². The lowest BCUT2D eigenvalue weighted by Crippen LogP contribution is -2.30. The number of benzene rings is 1. The topological polar surface area (TPSA) is 81.7 Å². The van der Waals surface area contributed by atoms with Gasteiger partial charge >= 0.3 is 5.97 Å². The van der Waals surface area contributed by atoms with Crippen LogP contribution in [0.25, 0.3) is 17.4 Å². The van der Waals surface area contributed by atoms with Crippen LogP contribution >= 0.6 is 0 Å². The molecule has 0 saturated heterocycles. The Morgan fingerprint density at radius 3 is 2.75 bits per heavy atom. The number of halogens is 1. The maximum Gasteiger partial charge on any atom is 0.331 e. The zero-order chi connectivity index (χ0) is 19.9. The van der Waals surface area contributed by atoms with Crippen LogP contribution in [0.1, 0.15) is 24.5 Å². The van der Waals surface area contributed by atoms with E-state index in [1.807, 2.05) is 0 Å². The Kier molecular flexibility index (Phi) is 6.06. The first kappa shape index (κ1) is 19.2. The Hall–Kier alpha value is -3.61. The van der Waals surface area contributed by atoms with Crippen LogP contribution in [0.5, 0.6) is 0 Å². The Labute approximate surface area is 160 Å². The van der Waals surface area contributed by atoms with E-state index in [9.17, 15) is 14.0 Å². The van der Waals surface area contributed by atoms with Crippen molar-refractivity contribution in [3.05, 3.63) is 78.2 Å². The predicted octanol–water partition coefficient (Wildman–Crippen LogP) is 4.11. The van der Waals surface area contributed by atoms with Gasteiger partial charge in [-0.05, 0) is 49.4 Å². The second kappa shape index (κ2) is 8.85. The Balaban J connectivity index is 1.49. The van der Waals surface area contributed by atoms with Crippen LogP contribution in [0.15, 0.2) is 69.7 Å². The molecule has 3 rings (SSSR count). The second-order valence-electron chi connectivity index (χ2n) is 5.93. The summed E-state index contributed by atoms with van der Waals surface area (Å²) in [6, 6.07) is 12.5. The van der Waals surface area contributed by atoms with Gasteiger partial charge in [0.05, 0.1) is 17.9 Å². The highest BCUT2D eigenvalue weighted by atomic mass is 19.1. The van der Waals surface area contributed by atoms with Gasteiger partial charge in [0.25, 0.3) is 5.91 Å². The number of esters is 1. The molecule has 3 aromatic rings. The van der Waals surface area contributed by atoms with Gasteiger partial charge in [-0.15, -0.1) is 0 Å². The monoisotopic (exact) mass is 383 g/mol. The summed E-state index contributed by atoms with van der Waals surface area (Å²) in [4.78, 5) is 23.6. The van der Waals surface area contributed by atoms with Gasteiger partial charge < -0.3 is 18.9 Å². The van der Waals surface area contributed by atoms with Crippen molar-refractivity contribution < 1.29 is 27.6 Å². The molecule has 0 fully saturated rings. The highest BCUT2D eigenvalue weighted by Crippen LogP contribution is 2.25. The molecule has 28 heavy (non-hydrogen) atoms. The summed E-state index contributed by atoms with van der Waals surface area (Å²) in [6.07, 6.45) is 4.03. The summed E-state index contributed by atoms with van der Waals surface area (Å²) >= 11 is 0. The lowest BCUT2D eigenvalue weighted by Gasteiger charge is -2.10. The average molecular weight is 383 g/mol. The van der Waals surface area contributed by atoms with Gasteiger partial charge in [-0.1, -0.05) is 12.1 Å². The summed E-state index contributed by atoms with van der Waals surface area (Å²) in [5.74, 6) is -0.261. The van der Waals surface area contributed by atoms with Crippen molar-refractivity contribution in [2.45, 2.75) is 13.0 Å². The fourth-order valence-corrected chi connectivity index (χ4v) is 2.48. The minimum Gasteiger partial charge on any atom is -0.467 e. The fraction of sp³-hybridized carbons (Fsp3) is 0.143. The average Bonchev–Trinajstić information content (AvgIpc) is 3.37. The molecule has 0 radical (unpaired) electrons. The molecular weight excluding hydrogens is 365 g/mol. The van der Waals surface area contributed by atoms with Crippen LogP contribution in [0.2, 0.25) is 0 Å². The van der Waals surface area contributed by atoms with Crippen LogP contribution in [0, 0.1) is 5.82 Å². The minimum atomic E-state index is -0.704. The van der Waals surface area contributed by atoms with Gasteiger partial charge in [0.15, 0.2) is 6.61 Å². The first-order valence-electron chi connectivity index (χ1n) is 8.55. The van der Waals surface area contributed by atoms with Crippen LogP contribution in [-0.4, -0.2) is 18.5 Å². The van der Waals surface area contributed by atoms with E-state index in [1.165, 1.54) is 18.4 Å². The Morgan fingerprint density at radius 1 is 1.18 bits per heavy atom. The lowest BCUT2D eigenvalue weighted by molar-refractivity contribution is -0.144. The van der Waals surface area contributed by atoms with Crippen molar-refractivity contribution in [2.75, 3.05) is 6.61 Å². The summed E-state index contributed by atoms with van der Waals surface area (Å²) in [5, 5.41) is 2.65. The van der Waals surface area contributed by atoms with Crippen molar-refractivity contribution in [1.29, 1.82) is 0 Å². The van der Waals surface area contributed by atoms with E-state index in [2.05, 4.69) is 5.32 Å².